The summed E-state index contributed by atoms with van der Waals surface area (Å²) >= 11 is 0. The number of methoxy groups -OCH3 is 2. The van der Waals surface area contributed by atoms with Gasteiger partial charge in [-0.3, -0.25) is 0 Å². The fourth-order valence-electron chi connectivity index (χ4n) is 4.50. The molecule has 0 aliphatic heterocycles. The largest absolute Gasteiger partial charge is 0.493 e. The number of hydrogen-bond donors (Lipinski definition) is 0. The maximum absolute atomic E-state index is 5.60. The first-order valence-corrected chi connectivity index (χ1v) is 10.3. The van der Waals surface area contributed by atoms with Crippen LogP contribution in [0.5, 0.6) is 11.5 Å². The van der Waals surface area contributed by atoms with E-state index in [1.165, 1.54) is 42.6 Å². The van der Waals surface area contributed by atoms with Gasteiger partial charge in [0.1, 0.15) is 0 Å². The van der Waals surface area contributed by atoms with Crippen molar-refractivity contribution in [2.45, 2.75) is 51.5 Å². The summed E-state index contributed by atoms with van der Waals surface area (Å²) in [7, 11) is 3.44. The Kier molecular flexibility index (Phi) is 6.78. The molecule has 2 aromatic carbocycles. The number of benzene rings is 2. The highest BCUT2D eigenvalue weighted by Gasteiger charge is 2.32. The third-order valence-corrected chi connectivity index (χ3v) is 5.72. The van der Waals surface area contributed by atoms with Gasteiger partial charge in [-0.2, -0.15) is 0 Å². The van der Waals surface area contributed by atoms with Gasteiger partial charge in [-0.15, -0.1) is 0 Å². The van der Waals surface area contributed by atoms with Crippen molar-refractivity contribution < 1.29 is 9.47 Å². The normalized spacial score (nSPS) is 19.0. The molecule has 0 saturated carbocycles. The lowest BCUT2D eigenvalue weighted by Gasteiger charge is -2.39. The van der Waals surface area contributed by atoms with Gasteiger partial charge in [-0.1, -0.05) is 44.2 Å². The van der Waals surface area contributed by atoms with Crippen molar-refractivity contribution in [1.29, 1.82) is 0 Å². The Bertz CT molecular complexity index is 723. The molecule has 0 unspecified atom stereocenters. The van der Waals surface area contributed by atoms with E-state index in [1.54, 1.807) is 14.2 Å². The van der Waals surface area contributed by atoms with Gasteiger partial charge in [0.25, 0.3) is 0 Å². The molecule has 3 nitrogen and oxygen atoms in total. The molecule has 0 fully saturated rings. The van der Waals surface area contributed by atoms with Crippen molar-refractivity contribution in [3.63, 3.8) is 0 Å². The quantitative estimate of drug-likeness (QED) is 0.634. The minimum Gasteiger partial charge on any atom is -0.493 e. The van der Waals surface area contributed by atoms with Gasteiger partial charge in [-0.25, -0.2) is 0 Å². The van der Waals surface area contributed by atoms with E-state index in [-0.39, 0.29) is 0 Å². The summed E-state index contributed by atoms with van der Waals surface area (Å²) in [5.74, 6) is 2.06. The molecule has 2 aromatic rings. The molecule has 1 aliphatic carbocycles. The zero-order valence-electron chi connectivity index (χ0n) is 17.2. The van der Waals surface area contributed by atoms with Gasteiger partial charge < -0.3 is 14.4 Å². The smallest absolute Gasteiger partial charge is 0.161 e. The summed E-state index contributed by atoms with van der Waals surface area (Å²) in [5.41, 5.74) is 4.18. The van der Waals surface area contributed by atoms with E-state index in [4.69, 9.17) is 9.47 Å². The zero-order chi connectivity index (χ0) is 19.2. The fourth-order valence-corrected chi connectivity index (χ4v) is 4.50. The number of hydrogen-bond acceptors (Lipinski definition) is 3. The SMILES string of the molecule is CCCN(CCC)[C@H]1Cc2cc(OC)c(OC)cc2[C@H](c2ccccc2)C1. The molecule has 0 heterocycles. The molecule has 0 amide bonds. The van der Waals surface area contributed by atoms with Crippen LogP contribution in [0.4, 0.5) is 0 Å². The number of ether oxygens (including phenoxy) is 2. The lowest BCUT2D eigenvalue weighted by molar-refractivity contribution is 0.174. The highest BCUT2D eigenvalue weighted by molar-refractivity contribution is 5.52. The van der Waals surface area contributed by atoms with Gasteiger partial charge in [0, 0.05) is 12.0 Å². The molecule has 0 radical (unpaired) electrons. The van der Waals surface area contributed by atoms with E-state index in [0.29, 0.717) is 12.0 Å². The van der Waals surface area contributed by atoms with Crippen LogP contribution in [0.3, 0.4) is 0 Å². The lowest BCUT2D eigenvalue weighted by atomic mass is 9.76. The van der Waals surface area contributed by atoms with Crippen LogP contribution in [-0.2, 0) is 6.42 Å². The molecule has 0 spiro atoms. The molecule has 0 bridgehead atoms. The molecule has 0 aromatic heterocycles. The first-order valence-electron chi connectivity index (χ1n) is 10.3. The van der Waals surface area contributed by atoms with E-state index >= 15 is 0 Å². The van der Waals surface area contributed by atoms with E-state index in [0.717, 1.165) is 24.3 Å². The monoisotopic (exact) mass is 367 g/mol. The predicted octanol–water partition coefficient (Wildman–Crippen LogP) is 5.27. The Morgan fingerprint density at radius 1 is 0.926 bits per heavy atom. The van der Waals surface area contributed by atoms with Crippen molar-refractivity contribution in [1.82, 2.24) is 4.90 Å². The van der Waals surface area contributed by atoms with Gasteiger partial charge in [-0.05, 0) is 67.6 Å². The van der Waals surface area contributed by atoms with Crippen LogP contribution < -0.4 is 9.47 Å². The molecule has 3 rings (SSSR count). The average Bonchev–Trinajstić information content (AvgIpc) is 2.72. The van der Waals surface area contributed by atoms with E-state index < -0.39 is 0 Å². The molecule has 146 valence electrons. The average molecular weight is 368 g/mol. The Labute approximate surface area is 164 Å². The van der Waals surface area contributed by atoms with Gasteiger partial charge in [0.2, 0.25) is 0 Å². The van der Waals surface area contributed by atoms with Gasteiger partial charge in [0.05, 0.1) is 14.2 Å². The lowest BCUT2D eigenvalue weighted by Crippen LogP contribution is -2.41. The van der Waals surface area contributed by atoms with Crippen molar-refractivity contribution in [3.8, 4) is 11.5 Å². The van der Waals surface area contributed by atoms with Crippen LogP contribution in [0.2, 0.25) is 0 Å². The zero-order valence-corrected chi connectivity index (χ0v) is 17.2. The molecule has 2 atom stereocenters. The van der Waals surface area contributed by atoms with Crippen molar-refractivity contribution in [2.75, 3.05) is 27.3 Å². The highest BCUT2D eigenvalue weighted by atomic mass is 16.5. The van der Waals surface area contributed by atoms with Crippen molar-refractivity contribution in [2.24, 2.45) is 0 Å². The summed E-state index contributed by atoms with van der Waals surface area (Å²) in [6, 6.07) is 15.9. The minimum atomic E-state index is 0.399. The summed E-state index contributed by atoms with van der Waals surface area (Å²) in [6.45, 7) is 6.90. The van der Waals surface area contributed by atoms with Crippen LogP contribution in [0.25, 0.3) is 0 Å². The molecule has 1 aliphatic rings. The molecule has 0 saturated heterocycles. The standard InChI is InChI=1S/C24H33NO2/c1-5-12-25(13-6-2)20-14-19-15-23(26-3)24(27-4)17-22(19)21(16-20)18-10-8-7-9-11-18/h7-11,15,17,20-21H,5-6,12-14,16H2,1-4H3/t20-,21-/m0/s1. The molecule has 0 N–H and O–H groups in total. The minimum absolute atomic E-state index is 0.399. The van der Waals surface area contributed by atoms with E-state index in [1.807, 2.05) is 0 Å². The Hall–Kier alpha value is -2.00. The Morgan fingerprint density at radius 3 is 2.15 bits per heavy atom. The van der Waals surface area contributed by atoms with E-state index in [2.05, 4.69) is 61.2 Å². The summed E-state index contributed by atoms with van der Waals surface area (Å²) < 4.78 is 11.2. The third-order valence-electron chi connectivity index (χ3n) is 5.72. The highest BCUT2D eigenvalue weighted by Crippen LogP contribution is 2.43. The molecule has 27 heavy (non-hydrogen) atoms. The number of nitrogens with zero attached hydrogens (tertiary/aromatic N) is 1. The molecule has 3 heteroatoms. The van der Waals surface area contributed by atoms with Gasteiger partial charge in [0.15, 0.2) is 11.5 Å². The Morgan fingerprint density at radius 2 is 1.56 bits per heavy atom. The van der Waals surface area contributed by atoms with Crippen molar-refractivity contribution >= 4 is 0 Å². The first-order chi connectivity index (χ1) is 13.2. The van der Waals surface area contributed by atoms with Crippen LogP contribution in [0.1, 0.15) is 55.7 Å². The number of rotatable bonds is 8. The van der Waals surface area contributed by atoms with Gasteiger partial charge >= 0.3 is 0 Å². The maximum atomic E-state index is 5.60. The van der Waals surface area contributed by atoms with Crippen molar-refractivity contribution in [3.05, 3.63) is 59.2 Å². The second kappa shape index (κ2) is 9.27. The molecular weight excluding hydrogens is 334 g/mol. The topological polar surface area (TPSA) is 21.7 Å². The second-order valence-corrected chi connectivity index (χ2v) is 7.50. The maximum Gasteiger partial charge on any atom is 0.161 e. The first kappa shape index (κ1) is 19.8. The van der Waals surface area contributed by atoms with Crippen LogP contribution >= 0.6 is 0 Å². The predicted molar refractivity (Wildman–Crippen MR) is 112 cm³/mol. The fraction of sp³-hybridized carbons (Fsp3) is 0.500. The van der Waals surface area contributed by atoms with Crippen LogP contribution in [0.15, 0.2) is 42.5 Å². The summed E-state index contributed by atoms with van der Waals surface area (Å²) in [6.07, 6.45) is 4.64. The second-order valence-electron chi connectivity index (χ2n) is 7.50. The van der Waals surface area contributed by atoms with Crippen LogP contribution in [-0.4, -0.2) is 38.3 Å². The number of fused-ring (bicyclic) bond motifs is 1. The Balaban J connectivity index is 2.04. The summed E-state index contributed by atoms with van der Waals surface area (Å²) in [5, 5.41) is 0. The van der Waals surface area contributed by atoms with E-state index in [9.17, 15) is 0 Å². The van der Waals surface area contributed by atoms with Crippen LogP contribution in [0, 0.1) is 0 Å². The summed E-state index contributed by atoms with van der Waals surface area (Å²) in [4.78, 5) is 2.69. The third kappa shape index (κ3) is 4.30. The molecular formula is C24H33NO2.